The number of carbonyl (C=O) groups excluding carboxylic acids is 3. The molecule has 2 aromatic carbocycles. The highest BCUT2D eigenvalue weighted by Gasteiger charge is 2.38. The fraction of sp³-hybridized carbons (Fsp3) is 0.321. The number of ketones is 1. The molecule has 0 saturated carbocycles. The summed E-state index contributed by atoms with van der Waals surface area (Å²) in [6, 6.07) is 19.5. The number of nitrogens with zero attached hydrogens (tertiary/aromatic N) is 3. The average Bonchev–Trinajstić information content (AvgIpc) is 2.96. The number of ether oxygens (including phenoxy) is 1. The molecule has 198 valence electrons. The van der Waals surface area contributed by atoms with Crippen LogP contribution in [0, 0.1) is 0 Å². The van der Waals surface area contributed by atoms with Crippen LogP contribution in [0.5, 0.6) is 0 Å². The first-order chi connectivity index (χ1) is 18.4. The lowest BCUT2D eigenvalue weighted by molar-refractivity contribution is -0.131. The van der Waals surface area contributed by atoms with Crippen molar-refractivity contribution in [2.45, 2.75) is 37.7 Å². The number of halogens is 2. The summed E-state index contributed by atoms with van der Waals surface area (Å²) in [5.74, 6) is -1.55. The van der Waals surface area contributed by atoms with Crippen LogP contribution in [0.2, 0.25) is 0 Å². The molecule has 1 aromatic heterocycles. The van der Waals surface area contributed by atoms with E-state index in [4.69, 9.17) is 4.74 Å². The van der Waals surface area contributed by atoms with Gasteiger partial charge in [-0.1, -0.05) is 60.7 Å². The Balaban J connectivity index is 1.40. The number of likely N-dealkylation sites (tertiary alicyclic amines) is 1. The summed E-state index contributed by atoms with van der Waals surface area (Å²) in [4.78, 5) is 46.3. The minimum atomic E-state index is -3.19. The van der Waals surface area contributed by atoms with Crippen molar-refractivity contribution in [2.24, 2.45) is 0 Å². The van der Waals surface area contributed by atoms with Crippen LogP contribution in [0.3, 0.4) is 0 Å². The molecule has 1 aliphatic rings. The molecule has 0 spiro atoms. The van der Waals surface area contributed by atoms with E-state index < -0.39 is 24.7 Å². The predicted octanol–water partition coefficient (Wildman–Crippen LogP) is 3.95. The lowest BCUT2D eigenvalue weighted by Gasteiger charge is -2.41. The smallest absolute Gasteiger partial charge is 0.410 e. The maximum absolute atomic E-state index is 12.7. The predicted molar refractivity (Wildman–Crippen MR) is 135 cm³/mol. The Morgan fingerprint density at radius 2 is 1.55 bits per heavy atom. The zero-order valence-electron chi connectivity index (χ0n) is 20.7. The topological polar surface area (TPSA) is 101 Å². The van der Waals surface area contributed by atoms with Crippen LogP contribution in [0.4, 0.5) is 13.6 Å². The van der Waals surface area contributed by atoms with Crippen LogP contribution in [-0.2, 0) is 28.0 Å². The quantitative estimate of drug-likeness (QED) is 0.427. The van der Waals surface area contributed by atoms with Gasteiger partial charge in [0.25, 0.3) is 5.91 Å². The van der Waals surface area contributed by atoms with Crippen molar-refractivity contribution < 1.29 is 27.9 Å². The second kappa shape index (κ2) is 12.4. The maximum Gasteiger partial charge on any atom is 0.410 e. The van der Waals surface area contributed by atoms with E-state index in [-0.39, 0.29) is 23.7 Å². The van der Waals surface area contributed by atoms with Crippen molar-refractivity contribution >= 4 is 17.8 Å². The standard InChI is InChI=1S/C28H28F2N4O4/c29-25(30)26(36)33-18-23(35)21-16-31-24(32-17-21)15-28(22-9-5-2-6-10-22)11-13-34(14-12-28)27(37)38-19-20-7-3-1-4-8-20/h1-10,16-17,25H,11-15,18-19H2,(H,33,36). The first-order valence-corrected chi connectivity index (χ1v) is 12.3. The number of alkyl halides is 2. The van der Waals surface area contributed by atoms with Crippen molar-refractivity contribution in [1.29, 1.82) is 0 Å². The van der Waals surface area contributed by atoms with Crippen LogP contribution < -0.4 is 5.32 Å². The van der Waals surface area contributed by atoms with Gasteiger partial charge in [-0.15, -0.1) is 0 Å². The molecule has 1 fully saturated rings. The molecule has 0 unspecified atom stereocenters. The molecule has 2 amide bonds. The number of benzene rings is 2. The molecule has 1 aliphatic heterocycles. The van der Waals surface area contributed by atoms with Gasteiger partial charge in [0.1, 0.15) is 12.4 Å². The number of aromatic nitrogens is 2. The number of rotatable bonds is 9. The summed E-state index contributed by atoms with van der Waals surface area (Å²) in [5, 5.41) is 1.88. The number of piperidine rings is 1. The lowest BCUT2D eigenvalue weighted by Crippen LogP contribution is -2.46. The van der Waals surface area contributed by atoms with Gasteiger partial charge in [0.15, 0.2) is 5.78 Å². The molecule has 8 nitrogen and oxygen atoms in total. The van der Waals surface area contributed by atoms with Gasteiger partial charge in [-0.2, -0.15) is 8.78 Å². The number of Topliss-reactive ketones (excluding diaryl/α,β-unsaturated/α-hetero) is 1. The Morgan fingerprint density at radius 3 is 2.16 bits per heavy atom. The SMILES string of the molecule is O=C(CNC(=O)C(F)F)c1cnc(CC2(c3ccccc3)CCN(C(=O)OCc3ccccc3)CC2)nc1. The number of hydrogen-bond donors (Lipinski definition) is 1. The third-order valence-corrected chi connectivity index (χ3v) is 6.72. The fourth-order valence-electron chi connectivity index (χ4n) is 4.53. The van der Waals surface area contributed by atoms with E-state index >= 15 is 0 Å². The molecule has 0 bridgehead atoms. The summed E-state index contributed by atoms with van der Waals surface area (Å²) in [6.07, 6.45) is 0.964. The molecule has 0 aliphatic carbocycles. The first-order valence-electron chi connectivity index (χ1n) is 12.3. The average molecular weight is 523 g/mol. The van der Waals surface area contributed by atoms with Gasteiger partial charge in [0.2, 0.25) is 0 Å². The van der Waals surface area contributed by atoms with Crippen molar-refractivity contribution in [2.75, 3.05) is 19.6 Å². The lowest BCUT2D eigenvalue weighted by atomic mass is 9.70. The highest BCUT2D eigenvalue weighted by molar-refractivity contribution is 5.99. The van der Waals surface area contributed by atoms with Gasteiger partial charge in [0.05, 0.1) is 12.1 Å². The number of carbonyl (C=O) groups is 3. The number of nitrogens with one attached hydrogen (secondary N) is 1. The summed E-state index contributed by atoms with van der Waals surface area (Å²) < 4.78 is 30.2. The van der Waals surface area contributed by atoms with Crippen LogP contribution in [0.1, 0.15) is 40.2 Å². The summed E-state index contributed by atoms with van der Waals surface area (Å²) in [6.45, 7) is 0.659. The Morgan fingerprint density at radius 1 is 0.947 bits per heavy atom. The van der Waals surface area contributed by atoms with Gasteiger partial charge in [0, 0.05) is 37.3 Å². The molecule has 38 heavy (non-hydrogen) atoms. The Bertz CT molecular complexity index is 1230. The molecule has 0 atom stereocenters. The highest BCUT2D eigenvalue weighted by Crippen LogP contribution is 2.38. The van der Waals surface area contributed by atoms with Gasteiger partial charge < -0.3 is 15.0 Å². The minimum Gasteiger partial charge on any atom is -0.445 e. The molecular formula is C28H28F2N4O4. The van der Waals surface area contributed by atoms with Crippen molar-refractivity contribution in [3.05, 3.63) is 95.6 Å². The second-order valence-corrected chi connectivity index (χ2v) is 9.18. The van der Waals surface area contributed by atoms with Gasteiger partial charge in [-0.3, -0.25) is 9.59 Å². The molecule has 0 radical (unpaired) electrons. The molecule has 1 N–H and O–H groups in total. The monoisotopic (exact) mass is 522 g/mol. The van der Waals surface area contributed by atoms with Gasteiger partial charge in [-0.25, -0.2) is 14.8 Å². The third kappa shape index (κ3) is 6.76. The number of amides is 2. The highest BCUT2D eigenvalue weighted by atomic mass is 19.3. The normalized spacial score (nSPS) is 14.7. The van der Waals surface area contributed by atoms with E-state index in [0.717, 1.165) is 11.1 Å². The second-order valence-electron chi connectivity index (χ2n) is 9.18. The van der Waals surface area contributed by atoms with Crippen molar-refractivity contribution in [1.82, 2.24) is 20.2 Å². The van der Waals surface area contributed by atoms with Crippen LogP contribution in [0.25, 0.3) is 0 Å². The van der Waals surface area contributed by atoms with Crippen molar-refractivity contribution in [3.63, 3.8) is 0 Å². The Hall–Kier alpha value is -4.21. The van der Waals surface area contributed by atoms with E-state index in [1.807, 2.05) is 66.0 Å². The molecule has 2 heterocycles. The van der Waals surface area contributed by atoms with E-state index in [9.17, 15) is 23.2 Å². The van der Waals surface area contributed by atoms with Gasteiger partial charge >= 0.3 is 12.5 Å². The van der Waals surface area contributed by atoms with Crippen LogP contribution >= 0.6 is 0 Å². The van der Waals surface area contributed by atoms with E-state index in [2.05, 4.69) is 9.97 Å². The van der Waals surface area contributed by atoms with Crippen LogP contribution in [-0.4, -0.2) is 58.7 Å². The van der Waals surface area contributed by atoms with E-state index in [0.29, 0.717) is 38.2 Å². The van der Waals surface area contributed by atoms with Crippen LogP contribution in [0.15, 0.2) is 73.1 Å². The van der Waals surface area contributed by atoms with E-state index in [1.165, 1.54) is 12.4 Å². The Kier molecular flexibility index (Phi) is 8.73. The molecular weight excluding hydrogens is 494 g/mol. The molecule has 10 heteroatoms. The summed E-state index contributed by atoms with van der Waals surface area (Å²) in [5.41, 5.74) is 1.82. The first kappa shape index (κ1) is 26.8. The fourth-order valence-corrected chi connectivity index (χ4v) is 4.53. The summed E-state index contributed by atoms with van der Waals surface area (Å²) >= 11 is 0. The van der Waals surface area contributed by atoms with Crippen molar-refractivity contribution in [3.8, 4) is 0 Å². The zero-order chi connectivity index (χ0) is 27.0. The maximum atomic E-state index is 12.7. The molecule has 3 aromatic rings. The van der Waals surface area contributed by atoms with Gasteiger partial charge in [-0.05, 0) is 24.0 Å². The minimum absolute atomic E-state index is 0.119. The zero-order valence-corrected chi connectivity index (χ0v) is 20.7. The summed E-state index contributed by atoms with van der Waals surface area (Å²) in [7, 11) is 0. The Labute approximate surface area is 219 Å². The number of hydrogen-bond acceptors (Lipinski definition) is 6. The largest absolute Gasteiger partial charge is 0.445 e. The third-order valence-electron chi connectivity index (χ3n) is 6.72. The molecule has 4 rings (SSSR count). The molecule has 1 saturated heterocycles. The van der Waals surface area contributed by atoms with E-state index in [1.54, 1.807) is 4.90 Å².